The summed E-state index contributed by atoms with van der Waals surface area (Å²) in [5.74, 6) is -0.877. The number of anilines is 1. The number of carbonyl (C=O) groups excluding carboxylic acids is 1. The third-order valence-electron chi connectivity index (χ3n) is 5.87. The number of amides is 1. The molecule has 0 atom stereocenters. The number of fused-ring (bicyclic) bond motifs is 1. The van der Waals surface area contributed by atoms with E-state index in [1.165, 1.54) is 38.7 Å². The van der Waals surface area contributed by atoms with Crippen molar-refractivity contribution >= 4 is 22.6 Å². The van der Waals surface area contributed by atoms with Crippen molar-refractivity contribution in [3.8, 4) is 40.0 Å². The van der Waals surface area contributed by atoms with Crippen molar-refractivity contribution in [1.82, 2.24) is 19.9 Å². The Bertz CT molecular complexity index is 1700. The van der Waals surface area contributed by atoms with Crippen LogP contribution in [0.5, 0.6) is 28.9 Å². The van der Waals surface area contributed by atoms with Crippen LogP contribution in [0, 0.1) is 12.7 Å². The Morgan fingerprint density at radius 1 is 0.974 bits per heavy atom. The quantitative estimate of drug-likeness (QED) is 0.290. The van der Waals surface area contributed by atoms with Crippen molar-refractivity contribution in [1.29, 1.82) is 0 Å². The topological polar surface area (TPSA) is 129 Å². The lowest BCUT2D eigenvalue weighted by Gasteiger charge is -2.14. The summed E-state index contributed by atoms with van der Waals surface area (Å²) in [6, 6.07) is 10.6. The molecule has 1 amide bonds. The second-order valence-corrected chi connectivity index (χ2v) is 8.30. The van der Waals surface area contributed by atoms with Gasteiger partial charge in [0.15, 0.2) is 23.1 Å². The van der Waals surface area contributed by atoms with Gasteiger partial charge < -0.3 is 24.6 Å². The molecule has 4 aromatic heterocycles. The van der Waals surface area contributed by atoms with Gasteiger partial charge in [-0.05, 0) is 25.1 Å². The highest BCUT2D eigenvalue weighted by Gasteiger charge is 2.21. The van der Waals surface area contributed by atoms with E-state index in [2.05, 4.69) is 25.3 Å². The zero-order valence-electron chi connectivity index (χ0n) is 21.1. The normalized spacial score (nSPS) is 10.8. The first-order valence-electron chi connectivity index (χ1n) is 11.6. The molecule has 5 aromatic rings. The van der Waals surface area contributed by atoms with Crippen LogP contribution < -0.4 is 19.5 Å². The molecule has 10 nitrogen and oxygen atoms in total. The van der Waals surface area contributed by atoms with Gasteiger partial charge in [0.05, 0.1) is 25.4 Å². The van der Waals surface area contributed by atoms with E-state index in [0.717, 1.165) is 6.07 Å². The highest BCUT2D eigenvalue weighted by Crippen LogP contribution is 2.36. The number of pyridine rings is 4. The summed E-state index contributed by atoms with van der Waals surface area (Å²) >= 11 is 0. The minimum Gasteiger partial charge on any atom is -0.506 e. The summed E-state index contributed by atoms with van der Waals surface area (Å²) in [5, 5.41) is 13.4. The van der Waals surface area contributed by atoms with Gasteiger partial charge in [0, 0.05) is 59.8 Å². The molecular weight excluding hydrogens is 505 g/mol. The molecule has 0 bridgehead atoms. The Labute approximate surface area is 222 Å². The van der Waals surface area contributed by atoms with Crippen molar-refractivity contribution in [2.45, 2.75) is 6.92 Å². The second kappa shape index (κ2) is 10.6. The third kappa shape index (κ3) is 4.97. The molecule has 11 heteroatoms. The SMILES string of the molecule is COc1cc2nccc(Oc3ccc(NC(=O)c4c(C)ncc(-c5cccnc5)c4O)cc3F)c2nc1OC. The number of benzene rings is 1. The van der Waals surface area contributed by atoms with Crippen molar-refractivity contribution in [3.05, 3.63) is 84.3 Å². The molecule has 2 N–H and O–H groups in total. The van der Waals surface area contributed by atoms with Gasteiger partial charge in [-0.15, -0.1) is 0 Å². The monoisotopic (exact) mass is 527 g/mol. The van der Waals surface area contributed by atoms with Crippen LogP contribution in [-0.4, -0.2) is 45.2 Å². The molecule has 0 saturated carbocycles. The summed E-state index contributed by atoms with van der Waals surface area (Å²) in [6.45, 7) is 1.59. The van der Waals surface area contributed by atoms with Gasteiger partial charge in [0.25, 0.3) is 11.8 Å². The number of nitrogens with one attached hydrogen (secondary N) is 1. The summed E-state index contributed by atoms with van der Waals surface area (Å²) in [7, 11) is 2.94. The van der Waals surface area contributed by atoms with Crippen molar-refractivity contribution in [3.63, 3.8) is 0 Å². The van der Waals surface area contributed by atoms with Crippen LogP contribution >= 0.6 is 0 Å². The van der Waals surface area contributed by atoms with Gasteiger partial charge in [-0.3, -0.25) is 19.7 Å². The average molecular weight is 528 g/mol. The molecule has 5 rings (SSSR count). The number of aromatic hydroxyl groups is 1. The van der Waals surface area contributed by atoms with Crippen LogP contribution in [0.3, 0.4) is 0 Å². The minimum absolute atomic E-state index is 0.0317. The van der Waals surface area contributed by atoms with E-state index in [0.29, 0.717) is 33.6 Å². The van der Waals surface area contributed by atoms with Gasteiger partial charge in [-0.1, -0.05) is 6.07 Å². The molecule has 4 heterocycles. The number of hydrogen-bond donors (Lipinski definition) is 2. The number of carbonyl (C=O) groups is 1. The summed E-state index contributed by atoms with van der Waals surface area (Å²) in [4.78, 5) is 30.0. The zero-order chi connectivity index (χ0) is 27.5. The van der Waals surface area contributed by atoms with E-state index in [9.17, 15) is 9.90 Å². The molecular formula is C28H22FN5O5. The number of methoxy groups -OCH3 is 2. The Hall–Kier alpha value is -5.32. The Balaban J connectivity index is 1.40. The van der Waals surface area contributed by atoms with E-state index in [4.69, 9.17) is 14.2 Å². The predicted molar refractivity (Wildman–Crippen MR) is 141 cm³/mol. The average Bonchev–Trinajstić information content (AvgIpc) is 2.94. The maximum atomic E-state index is 15.1. The first kappa shape index (κ1) is 25.3. The summed E-state index contributed by atoms with van der Waals surface area (Å²) in [6.07, 6.45) is 6.11. The van der Waals surface area contributed by atoms with Crippen molar-refractivity contribution < 1.29 is 28.5 Å². The van der Waals surface area contributed by atoms with Gasteiger partial charge in [-0.25, -0.2) is 9.37 Å². The smallest absolute Gasteiger partial charge is 0.261 e. The summed E-state index contributed by atoms with van der Waals surface area (Å²) in [5.41, 5.74) is 2.18. The maximum absolute atomic E-state index is 15.1. The molecule has 0 aliphatic heterocycles. The molecule has 0 aliphatic carbocycles. The molecule has 0 radical (unpaired) electrons. The van der Waals surface area contributed by atoms with Crippen LogP contribution in [0.1, 0.15) is 16.1 Å². The number of ether oxygens (including phenoxy) is 3. The highest BCUT2D eigenvalue weighted by molar-refractivity contribution is 6.08. The second-order valence-electron chi connectivity index (χ2n) is 8.30. The molecule has 39 heavy (non-hydrogen) atoms. The molecule has 0 aliphatic rings. The van der Waals surface area contributed by atoms with Crippen LogP contribution in [-0.2, 0) is 0 Å². The molecule has 1 aromatic carbocycles. The minimum atomic E-state index is -0.735. The lowest BCUT2D eigenvalue weighted by Crippen LogP contribution is -2.15. The van der Waals surface area contributed by atoms with Crippen molar-refractivity contribution in [2.24, 2.45) is 0 Å². The van der Waals surface area contributed by atoms with Crippen LogP contribution in [0.15, 0.2) is 67.3 Å². The van der Waals surface area contributed by atoms with E-state index in [1.54, 1.807) is 43.6 Å². The predicted octanol–water partition coefficient (Wildman–Crippen LogP) is 5.30. The zero-order valence-corrected chi connectivity index (χ0v) is 21.1. The number of hydrogen-bond acceptors (Lipinski definition) is 9. The molecule has 196 valence electrons. The summed E-state index contributed by atoms with van der Waals surface area (Å²) < 4.78 is 31.4. The van der Waals surface area contributed by atoms with E-state index >= 15 is 4.39 Å². The van der Waals surface area contributed by atoms with E-state index < -0.39 is 11.7 Å². The van der Waals surface area contributed by atoms with E-state index in [-0.39, 0.29) is 34.4 Å². The first-order valence-corrected chi connectivity index (χ1v) is 11.6. The van der Waals surface area contributed by atoms with Gasteiger partial charge in [-0.2, -0.15) is 0 Å². The van der Waals surface area contributed by atoms with Gasteiger partial charge >= 0.3 is 0 Å². The van der Waals surface area contributed by atoms with Crippen LogP contribution in [0.2, 0.25) is 0 Å². The molecule has 0 unspecified atom stereocenters. The van der Waals surface area contributed by atoms with Gasteiger partial charge in [0.2, 0.25) is 0 Å². The lowest BCUT2D eigenvalue weighted by atomic mass is 10.0. The third-order valence-corrected chi connectivity index (χ3v) is 5.87. The Morgan fingerprint density at radius 2 is 1.82 bits per heavy atom. The fraction of sp³-hybridized carbons (Fsp3) is 0.107. The Morgan fingerprint density at radius 3 is 2.54 bits per heavy atom. The lowest BCUT2D eigenvalue weighted by molar-refractivity contribution is 0.102. The fourth-order valence-electron chi connectivity index (χ4n) is 3.96. The number of rotatable bonds is 7. The van der Waals surface area contributed by atoms with Crippen LogP contribution in [0.4, 0.5) is 10.1 Å². The standard InChI is InChI=1S/C28H22FN5O5/c1-15-24(26(35)18(14-32-15)16-5-4-9-30-13-16)27(36)33-17-6-7-21(19(29)11-17)39-22-8-10-31-20-12-23(37-2)28(38-3)34-25(20)22/h4-14H,1-3H3,(H,32,35)(H,33,36). The number of nitrogens with zero attached hydrogens (tertiary/aromatic N) is 4. The molecule has 0 spiro atoms. The van der Waals surface area contributed by atoms with Crippen molar-refractivity contribution in [2.75, 3.05) is 19.5 Å². The van der Waals surface area contributed by atoms with Crippen LogP contribution in [0.25, 0.3) is 22.2 Å². The maximum Gasteiger partial charge on any atom is 0.261 e. The number of aromatic nitrogens is 4. The number of halogens is 1. The Kier molecular flexibility index (Phi) is 6.87. The van der Waals surface area contributed by atoms with E-state index in [1.807, 2.05) is 0 Å². The number of aryl methyl sites for hydroxylation is 1. The van der Waals surface area contributed by atoms with Gasteiger partial charge in [0.1, 0.15) is 16.8 Å². The molecule has 0 saturated heterocycles. The largest absolute Gasteiger partial charge is 0.506 e. The highest BCUT2D eigenvalue weighted by atomic mass is 19.1. The first-order chi connectivity index (χ1) is 18.9. The molecule has 0 fully saturated rings. The fourth-order valence-corrected chi connectivity index (χ4v) is 3.96.